The summed E-state index contributed by atoms with van der Waals surface area (Å²) in [5.74, 6) is 0.611. The summed E-state index contributed by atoms with van der Waals surface area (Å²) in [7, 11) is -3.84. The number of aryl methyl sites for hydroxylation is 1. The van der Waals surface area contributed by atoms with Gasteiger partial charge in [-0.1, -0.05) is 35.3 Å². The van der Waals surface area contributed by atoms with Crippen molar-refractivity contribution in [3.8, 4) is 17.1 Å². The molecule has 36 heavy (non-hydrogen) atoms. The fourth-order valence-corrected chi connectivity index (χ4v) is 5.64. The van der Waals surface area contributed by atoms with Crippen LogP contribution in [-0.4, -0.2) is 27.9 Å². The van der Waals surface area contributed by atoms with Crippen LogP contribution >= 0.6 is 39.1 Å². The lowest BCUT2D eigenvalue weighted by atomic mass is 10.2. The molecule has 184 valence electrons. The minimum atomic E-state index is -3.84. The minimum absolute atomic E-state index is 0.00214. The Morgan fingerprint density at radius 1 is 1.08 bits per heavy atom. The zero-order valence-corrected chi connectivity index (χ0v) is 22.9. The predicted octanol–water partition coefficient (Wildman–Crippen LogP) is 6.49. The van der Waals surface area contributed by atoms with Crippen molar-refractivity contribution >= 4 is 71.7 Å². The molecule has 0 aliphatic rings. The van der Waals surface area contributed by atoms with Crippen LogP contribution in [0, 0.1) is 13.8 Å². The Kier molecular flexibility index (Phi) is 6.34. The first-order valence-electron chi connectivity index (χ1n) is 10.6. The smallest absolute Gasteiger partial charge is 0.238 e. The number of halogens is 3. The van der Waals surface area contributed by atoms with Gasteiger partial charge in [-0.2, -0.15) is 0 Å². The Balaban J connectivity index is 1.62. The number of sulfonamides is 1. The zero-order chi connectivity index (χ0) is 25.8. The molecule has 2 aromatic carbocycles. The predicted molar refractivity (Wildman–Crippen MR) is 147 cm³/mol. The summed E-state index contributed by atoms with van der Waals surface area (Å²) >= 11 is 16.5. The number of primary sulfonamides is 1. The number of anilines is 2. The first-order valence-corrected chi connectivity index (χ1v) is 13.7. The third kappa shape index (κ3) is 4.39. The Labute approximate surface area is 225 Å². The fraction of sp³-hybridized carbons (Fsp3) is 0.0833. The molecule has 0 amide bonds. The maximum absolute atomic E-state index is 11.8. The van der Waals surface area contributed by atoms with Crippen molar-refractivity contribution in [2.24, 2.45) is 5.14 Å². The molecular formula is C24H19BrCl2N6O2S. The number of nitrogens with two attached hydrogens (primary N) is 1. The SMILES string of the molecule is Cc1cc(-c2nc3c(Nc4cccc(S(N)(=O)=O)c4)c(Br)cnc3[nH]2)c(C)n1-c1c(Cl)cccc1Cl. The summed E-state index contributed by atoms with van der Waals surface area (Å²) < 4.78 is 26.2. The van der Waals surface area contributed by atoms with Crippen LogP contribution in [-0.2, 0) is 10.0 Å². The fourth-order valence-electron chi connectivity index (χ4n) is 4.12. The molecule has 0 unspecified atom stereocenters. The molecule has 0 aliphatic heterocycles. The summed E-state index contributed by atoms with van der Waals surface area (Å²) in [6.45, 7) is 3.94. The maximum Gasteiger partial charge on any atom is 0.238 e. The van der Waals surface area contributed by atoms with Crippen molar-refractivity contribution in [1.29, 1.82) is 0 Å². The summed E-state index contributed by atoms with van der Waals surface area (Å²) in [4.78, 5) is 12.6. The van der Waals surface area contributed by atoms with Crippen LogP contribution in [0.3, 0.4) is 0 Å². The van der Waals surface area contributed by atoms with Gasteiger partial charge in [0, 0.05) is 28.8 Å². The van der Waals surface area contributed by atoms with E-state index in [1.165, 1.54) is 12.1 Å². The van der Waals surface area contributed by atoms with Gasteiger partial charge in [-0.3, -0.25) is 0 Å². The number of benzene rings is 2. The van der Waals surface area contributed by atoms with Crippen molar-refractivity contribution in [3.05, 3.63) is 80.6 Å². The van der Waals surface area contributed by atoms with E-state index in [0.29, 0.717) is 48.6 Å². The van der Waals surface area contributed by atoms with Crippen LogP contribution < -0.4 is 10.5 Å². The number of rotatable bonds is 5. The standard InChI is InChI=1S/C24H19BrCl2N6O2S/c1-12-9-16(13(2)33(12)22-18(26)7-4-8-19(22)27)23-31-21-20(17(25)11-29-24(21)32-23)30-14-5-3-6-15(10-14)36(28,34)35/h3-11H,1-2H3,(H2,28,34,35)(H2,29,30,31,32). The third-order valence-corrected chi connectivity index (χ3v) is 7.87. The molecule has 0 saturated heterocycles. The van der Waals surface area contributed by atoms with E-state index in [1.807, 2.05) is 24.5 Å². The Bertz CT molecular complexity index is 1740. The highest BCUT2D eigenvalue weighted by Crippen LogP contribution is 2.37. The molecule has 0 atom stereocenters. The third-order valence-electron chi connectivity index (χ3n) is 5.75. The molecular weight excluding hydrogens is 587 g/mol. The van der Waals surface area contributed by atoms with Gasteiger partial charge in [0.2, 0.25) is 10.0 Å². The molecule has 0 saturated carbocycles. The van der Waals surface area contributed by atoms with Crippen molar-refractivity contribution in [2.45, 2.75) is 18.7 Å². The first-order chi connectivity index (χ1) is 17.0. The lowest BCUT2D eigenvalue weighted by Gasteiger charge is -2.13. The summed E-state index contributed by atoms with van der Waals surface area (Å²) in [6.07, 6.45) is 1.64. The van der Waals surface area contributed by atoms with Crippen LogP contribution in [0.25, 0.3) is 28.2 Å². The number of imidazole rings is 1. The molecule has 3 aromatic heterocycles. The molecule has 4 N–H and O–H groups in total. The van der Waals surface area contributed by atoms with Gasteiger partial charge in [0.05, 0.1) is 30.8 Å². The molecule has 5 aromatic rings. The number of aromatic amines is 1. The molecule has 3 heterocycles. The van der Waals surface area contributed by atoms with Crippen molar-refractivity contribution in [3.63, 3.8) is 0 Å². The molecule has 12 heteroatoms. The number of nitrogens with one attached hydrogen (secondary N) is 2. The van der Waals surface area contributed by atoms with E-state index in [4.69, 9.17) is 33.3 Å². The highest BCUT2D eigenvalue weighted by atomic mass is 79.9. The van der Waals surface area contributed by atoms with E-state index < -0.39 is 10.0 Å². The van der Waals surface area contributed by atoms with Gasteiger partial charge < -0.3 is 14.9 Å². The second-order valence-corrected chi connectivity index (χ2v) is 11.4. The van der Waals surface area contributed by atoms with Crippen LogP contribution in [0.1, 0.15) is 11.4 Å². The highest BCUT2D eigenvalue weighted by molar-refractivity contribution is 9.10. The lowest BCUT2D eigenvalue weighted by molar-refractivity contribution is 0.598. The molecule has 0 fully saturated rings. The number of para-hydroxylation sites is 1. The second kappa shape index (κ2) is 9.20. The molecule has 0 aliphatic carbocycles. The average Bonchev–Trinajstić information content (AvgIpc) is 3.37. The second-order valence-electron chi connectivity index (χ2n) is 8.15. The average molecular weight is 606 g/mol. The Morgan fingerprint density at radius 2 is 1.78 bits per heavy atom. The van der Waals surface area contributed by atoms with E-state index in [2.05, 4.69) is 31.2 Å². The van der Waals surface area contributed by atoms with Gasteiger partial charge in [0.1, 0.15) is 11.3 Å². The zero-order valence-electron chi connectivity index (χ0n) is 19.0. The van der Waals surface area contributed by atoms with Gasteiger partial charge in [-0.05, 0) is 66.2 Å². The van der Waals surface area contributed by atoms with Crippen LogP contribution in [0.5, 0.6) is 0 Å². The van der Waals surface area contributed by atoms with Crippen molar-refractivity contribution in [2.75, 3.05) is 5.32 Å². The van der Waals surface area contributed by atoms with Crippen LogP contribution in [0.2, 0.25) is 10.0 Å². The molecule has 8 nitrogen and oxygen atoms in total. The molecule has 0 bridgehead atoms. The Hall–Kier alpha value is -2.89. The number of hydrogen-bond acceptors (Lipinski definition) is 5. The summed E-state index contributed by atoms with van der Waals surface area (Å²) in [5.41, 5.74) is 5.68. The molecule has 0 radical (unpaired) electrons. The largest absolute Gasteiger partial charge is 0.353 e. The number of H-pyrrole nitrogens is 1. The normalized spacial score (nSPS) is 11.8. The Morgan fingerprint density at radius 3 is 2.47 bits per heavy atom. The van der Waals surface area contributed by atoms with E-state index in [1.54, 1.807) is 36.5 Å². The topological polar surface area (TPSA) is 119 Å². The van der Waals surface area contributed by atoms with E-state index in [0.717, 1.165) is 17.0 Å². The number of pyridine rings is 1. The first kappa shape index (κ1) is 24.8. The van der Waals surface area contributed by atoms with Gasteiger partial charge >= 0.3 is 0 Å². The van der Waals surface area contributed by atoms with Crippen molar-refractivity contribution in [1.82, 2.24) is 19.5 Å². The van der Waals surface area contributed by atoms with Gasteiger partial charge in [0.25, 0.3) is 0 Å². The van der Waals surface area contributed by atoms with Gasteiger partial charge in [-0.15, -0.1) is 0 Å². The minimum Gasteiger partial charge on any atom is -0.353 e. The van der Waals surface area contributed by atoms with Gasteiger partial charge in [-0.25, -0.2) is 23.5 Å². The number of hydrogen-bond donors (Lipinski definition) is 3. The number of fused-ring (bicyclic) bond motifs is 1. The van der Waals surface area contributed by atoms with E-state index in [9.17, 15) is 8.42 Å². The maximum atomic E-state index is 11.8. The highest BCUT2D eigenvalue weighted by Gasteiger charge is 2.20. The lowest BCUT2D eigenvalue weighted by Crippen LogP contribution is -2.12. The molecule has 5 rings (SSSR count). The summed E-state index contributed by atoms with van der Waals surface area (Å²) in [6, 6.07) is 13.7. The van der Waals surface area contributed by atoms with Gasteiger partial charge in [0.15, 0.2) is 5.65 Å². The van der Waals surface area contributed by atoms with Crippen molar-refractivity contribution < 1.29 is 8.42 Å². The monoisotopic (exact) mass is 604 g/mol. The van der Waals surface area contributed by atoms with Crippen LogP contribution in [0.4, 0.5) is 11.4 Å². The molecule has 0 spiro atoms. The van der Waals surface area contributed by atoms with E-state index in [-0.39, 0.29) is 4.90 Å². The number of aromatic nitrogens is 4. The summed E-state index contributed by atoms with van der Waals surface area (Å²) in [5, 5.41) is 9.60. The van der Waals surface area contributed by atoms with E-state index >= 15 is 0 Å². The number of nitrogens with zero attached hydrogens (tertiary/aromatic N) is 3. The van der Waals surface area contributed by atoms with Crippen LogP contribution in [0.15, 0.2) is 64.1 Å². The quantitative estimate of drug-likeness (QED) is 0.211.